The van der Waals surface area contributed by atoms with E-state index in [9.17, 15) is 17.6 Å². The minimum Gasteiger partial charge on any atom is -0.477 e. The van der Waals surface area contributed by atoms with Gasteiger partial charge in [-0.05, 0) is 30.3 Å². The van der Waals surface area contributed by atoms with Crippen molar-refractivity contribution in [3.8, 4) is 0 Å². The maximum atomic E-state index is 13.0. The second-order valence-electron chi connectivity index (χ2n) is 3.66. The zero-order valence-electron chi connectivity index (χ0n) is 9.63. The predicted molar refractivity (Wildman–Crippen MR) is 73.5 cm³/mol. The van der Waals surface area contributed by atoms with Crippen LogP contribution in [0.4, 0.5) is 10.1 Å². The Balaban J connectivity index is 2.30. The molecule has 0 radical (unpaired) electrons. The topological polar surface area (TPSA) is 83.5 Å². The molecule has 0 saturated carbocycles. The number of thiophene rings is 1. The highest BCUT2D eigenvalue weighted by Gasteiger charge is 2.19. The molecule has 0 unspecified atom stereocenters. The lowest BCUT2D eigenvalue weighted by Crippen LogP contribution is -2.11. The van der Waals surface area contributed by atoms with Crippen LogP contribution in [0.1, 0.15) is 9.67 Å². The lowest BCUT2D eigenvalue weighted by Gasteiger charge is -2.06. The summed E-state index contributed by atoms with van der Waals surface area (Å²) in [5, 5.41) is 8.54. The van der Waals surface area contributed by atoms with E-state index in [0.29, 0.717) is 11.3 Å². The van der Waals surface area contributed by atoms with Crippen molar-refractivity contribution in [3.05, 3.63) is 46.0 Å². The Hall–Kier alpha value is -1.64. The molecule has 1 aromatic heterocycles. The highest BCUT2D eigenvalue weighted by Crippen LogP contribution is 2.26. The molecule has 2 N–H and O–H groups in total. The average molecular weight is 336 g/mol. The summed E-state index contributed by atoms with van der Waals surface area (Å²) in [7, 11) is -3.93. The van der Waals surface area contributed by atoms with E-state index in [-0.39, 0.29) is 19.8 Å². The minimum absolute atomic E-state index is 0.0849. The number of halogens is 2. The van der Waals surface area contributed by atoms with Gasteiger partial charge in [0, 0.05) is 0 Å². The number of hydrogen-bond donors (Lipinski definition) is 2. The molecular weight excluding hydrogens is 329 g/mol. The maximum absolute atomic E-state index is 13.0. The van der Waals surface area contributed by atoms with Gasteiger partial charge in [-0.15, -0.1) is 11.3 Å². The Morgan fingerprint density at radius 3 is 2.55 bits per heavy atom. The highest BCUT2D eigenvalue weighted by atomic mass is 35.5. The zero-order chi connectivity index (χ0) is 14.9. The van der Waals surface area contributed by atoms with Crippen LogP contribution in [0.2, 0.25) is 5.02 Å². The first-order valence-electron chi connectivity index (χ1n) is 5.10. The Morgan fingerprint density at radius 2 is 2.00 bits per heavy atom. The molecule has 0 bridgehead atoms. The van der Waals surface area contributed by atoms with Gasteiger partial charge in [-0.25, -0.2) is 17.6 Å². The van der Waals surface area contributed by atoms with Crippen molar-refractivity contribution < 1.29 is 22.7 Å². The molecule has 0 fully saturated rings. The molecule has 106 valence electrons. The van der Waals surface area contributed by atoms with Crippen LogP contribution in [0.3, 0.4) is 0 Å². The van der Waals surface area contributed by atoms with Gasteiger partial charge >= 0.3 is 5.97 Å². The van der Waals surface area contributed by atoms with Gasteiger partial charge in [0.1, 0.15) is 14.9 Å². The number of carboxylic acid groups (broad SMARTS) is 1. The molecule has 0 saturated heterocycles. The third-order valence-electron chi connectivity index (χ3n) is 2.23. The van der Waals surface area contributed by atoms with Crippen molar-refractivity contribution in [2.45, 2.75) is 4.21 Å². The van der Waals surface area contributed by atoms with Gasteiger partial charge in [0.25, 0.3) is 10.0 Å². The SMILES string of the molecule is O=C(O)c1ccc(S(=O)(=O)Nc2ccc(F)c(Cl)c2)s1. The third kappa shape index (κ3) is 3.09. The van der Waals surface area contributed by atoms with E-state index in [4.69, 9.17) is 16.7 Å². The molecule has 9 heteroatoms. The van der Waals surface area contributed by atoms with E-state index in [0.717, 1.165) is 12.1 Å². The largest absolute Gasteiger partial charge is 0.477 e. The van der Waals surface area contributed by atoms with Crippen LogP contribution in [0, 0.1) is 5.82 Å². The van der Waals surface area contributed by atoms with Crippen LogP contribution >= 0.6 is 22.9 Å². The van der Waals surface area contributed by atoms with E-state index < -0.39 is 21.8 Å². The number of nitrogens with one attached hydrogen (secondary N) is 1. The van der Waals surface area contributed by atoms with E-state index in [1.165, 1.54) is 18.2 Å². The molecule has 0 amide bonds. The lowest BCUT2D eigenvalue weighted by atomic mass is 10.3. The highest BCUT2D eigenvalue weighted by molar-refractivity contribution is 7.94. The second kappa shape index (κ2) is 5.39. The molecule has 2 aromatic rings. The second-order valence-corrected chi connectivity index (χ2v) is 7.06. The quantitative estimate of drug-likeness (QED) is 0.899. The summed E-state index contributed by atoms with van der Waals surface area (Å²) >= 11 is 6.17. The fourth-order valence-corrected chi connectivity index (χ4v) is 3.72. The van der Waals surface area contributed by atoms with Gasteiger partial charge in [-0.1, -0.05) is 11.6 Å². The van der Waals surface area contributed by atoms with Gasteiger partial charge in [-0.3, -0.25) is 4.72 Å². The summed E-state index contributed by atoms with van der Waals surface area (Å²) in [5.74, 6) is -1.87. The van der Waals surface area contributed by atoms with Gasteiger partial charge in [-0.2, -0.15) is 0 Å². The number of rotatable bonds is 4. The van der Waals surface area contributed by atoms with Crippen LogP contribution in [0.15, 0.2) is 34.5 Å². The molecule has 0 atom stereocenters. The zero-order valence-corrected chi connectivity index (χ0v) is 12.0. The van der Waals surface area contributed by atoms with Gasteiger partial charge in [0.15, 0.2) is 0 Å². The van der Waals surface area contributed by atoms with Crippen LogP contribution in [-0.4, -0.2) is 19.5 Å². The normalized spacial score (nSPS) is 11.3. The minimum atomic E-state index is -3.93. The molecule has 1 heterocycles. The average Bonchev–Trinajstić information content (AvgIpc) is 2.84. The Bertz CT molecular complexity index is 772. The first-order valence-corrected chi connectivity index (χ1v) is 7.78. The van der Waals surface area contributed by atoms with Crippen molar-refractivity contribution in [2.75, 3.05) is 4.72 Å². The number of anilines is 1. The van der Waals surface area contributed by atoms with E-state index in [1.54, 1.807) is 0 Å². The Labute approximate surface area is 122 Å². The van der Waals surface area contributed by atoms with Gasteiger partial charge in [0.05, 0.1) is 10.7 Å². The maximum Gasteiger partial charge on any atom is 0.345 e. The smallest absolute Gasteiger partial charge is 0.345 e. The van der Waals surface area contributed by atoms with Crippen molar-refractivity contribution in [1.82, 2.24) is 0 Å². The van der Waals surface area contributed by atoms with E-state index >= 15 is 0 Å². The van der Waals surface area contributed by atoms with Crippen LogP contribution in [0.25, 0.3) is 0 Å². The lowest BCUT2D eigenvalue weighted by molar-refractivity contribution is 0.0702. The van der Waals surface area contributed by atoms with Crippen molar-refractivity contribution >= 4 is 44.6 Å². The van der Waals surface area contributed by atoms with E-state index in [1.807, 2.05) is 0 Å². The third-order valence-corrected chi connectivity index (χ3v) is 5.46. The summed E-state index contributed by atoms with van der Waals surface area (Å²) in [6.07, 6.45) is 0. The fourth-order valence-electron chi connectivity index (χ4n) is 1.34. The molecule has 2 rings (SSSR count). The number of aromatic carboxylic acids is 1. The van der Waals surface area contributed by atoms with Crippen molar-refractivity contribution in [1.29, 1.82) is 0 Å². The Morgan fingerprint density at radius 1 is 1.30 bits per heavy atom. The molecule has 0 aliphatic rings. The van der Waals surface area contributed by atoms with Gasteiger partial charge in [0.2, 0.25) is 0 Å². The number of carboxylic acids is 1. The summed E-state index contributed by atoms with van der Waals surface area (Å²) in [4.78, 5) is 10.6. The van der Waals surface area contributed by atoms with Crippen LogP contribution in [-0.2, 0) is 10.0 Å². The molecule has 5 nitrogen and oxygen atoms in total. The Kier molecular flexibility index (Phi) is 3.98. The molecule has 0 spiro atoms. The number of carbonyl (C=O) groups is 1. The molecular formula is C11H7ClFNO4S2. The van der Waals surface area contributed by atoms with E-state index in [2.05, 4.69) is 4.72 Å². The van der Waals surface area contributed by atoms with Crippen LogP contribution in [0.5, 0.6) is 0 Å². The molecule has 1 aromatic carbocycles. The van der Waals surface area contributed by atoms with Crippen molar-refractivity contribution in [3.63, 3.8) is 0 Å². The monoisotopic (exact) mass is 335 g/mol. The fraction of sp³-hybridized carbons (Fsp3) is 0. The standard InChI is InChI=1S/C11H7ClFNO4S2/c12-7-5-6(1-2-8(7)13)14-20(17,18)10-4-3-9(19-10)11(15)16/h1-5,14H,(H,15,16). The molecule has 0 aliphatic carbocycles. The first kappa shape index (κ1) is 14.8. The molecule has 0 aliphatic heterocycles. The number of benzene rings is 1. The summed E-state index contributed by atoms with van der Waals surface area (Å²) in [6, 6.07) is 5.74. The number of hydrogen-bond acceptors (Lipinski definition) is 4. The summed E-state index contributed by atoms with van der Waals surface area (Å²) in [6.45, 7) is 0. The van der Waals surface area contributed by atoms with Crippen molar-refractivity contribution in [2.24, 2.45) is 0 Å². The van der Waals surface area contributed by atoms with Crippen LogP contribution < -0.4 is 4.72 Å². The predicted octanol–water partition coefficient (Wildman–Crippen LogP) is 3.04. The molecule has 20 heavy (non-hydrogen) atoms. The number of sulfonamides is 1. The first-order chi connectivity index (χ1) is 9.29. The summed E-state index contributed by atoms with van der Waals surface area (Å²) in [5.41, 5.74) is 0.0849. The summed E-state index contributed by atoms with van der Waals surface area (Å²) < 4.78 is 39.0. The van der Waals surface area contributed by atoms with Gasteiger partial charge < -0.3 is 5.11 Å².